The van der Waals surface area contributed by atoms with Crippen LogP contribution in [0.3, 0.4) is 0 Å². The molecule has 0 radical (unpaired) electrons. The van der Waals surface area contributed by atoms with Crippen LogP contribution in [0.1, 0.15) is 118 Å². The van der Waals surface area contributed by atoms with Crippen LogP contribution in [0.4, 0.5) is 0 Å². The standard InChI is InChI=1S/C22H42/c1-5-7-9-11-13-15-17-19-22(21(3)4)20-18-16-14-12-10-8-6-2/h21-22H,5,7,9-20H2,1-4H3. The van der Waals surface area contributed by atoms with Crippen molar-refractivity contribution in [3.63, 3.8) is 0 Å². The van der Waals surface area contributed by atoms with Crippen LogP contribution in [0.15, 0.2) is 0 Å². The van der Waals surface area contributed by atoms with E-state index in [0.29, 0.717) is 0 Å². The van der Waals surface area contributed by atoms with E-state index in [1.54, 1.807) is 0 Å². The molecule has 0 amide bonds. The van der Waals surface area contributed by atoms with Crippen molar-refractivity contribution < 1.29 is 0 Å². The molecule has 0 saturated heterocycles. The summed E-state index contributed by atoms with van der Waals surface area (Å²) in [6.07, 6.45) is 19.6. The lowest BCUT2D eigenvalue weighted by molar-refractivity contribution is 0.313. The Labute approximate surface area is 141 Å². The SMILES string of the molecule is CC#CCCCCCCC(CCCCCCCCC)C(C)C. The van der Waals surface area contributed by atoms with E-state index in [9.17, 15) is 0 Å². The van der Waals surface area contributed by atoms with Crippen molar-refractivity contribution in [3.05, 3.63) is 0 Å². The molecule has 0 rings (SSSR count). The lowest BCUT2D eigenvalue weighted by Crippen LogP contribution is -2.08. The molecule has 0 aromatic heterocycles. The molecule has 0 aromatic carbocycles. The summed E-state index contributed by atoms with van der Waals surface area (Å²) in [5.74, 6) is 7.99. The van der Waals surface area contributed by atoms with Crippen LogP contribution < -0.4 is 0 Å². The van der Waals surface area contributed by atoms with Crippen molar-refractivity contribution in [1.29, 1.82) is 0 Å². The van der Waals surface area contributed by atoms with Gasteiger partial charge in [0.05, 0.1) is 0 Å². The van der Waals surface area contributed by atoms with Crippen molar-refractivity contribution in [2.45, 2.75) is 118 Å². The maximum atomic E-state index is 3.17. The molecule has 0 aromatic rings. The second kappa shape index (κ2) is 16.9. The van der Waals surface area contributed by atoms with Gasteiger partial charge in [0.25, 0.3) is 0 Å². The number of hydrogen-bond acceptors (Lipinski definition) is 0. The molecule has 0 fully saturated rings. The molecule has 0 nitrogen and oxygen atoms in total. The molecule has 0 aliphatic heterocycles. The average molecular weight is 307 g/mol. The van der Waals surface area contributed by atoms with Crippen LogP contribution in [-0.4, -0.2) is 0 Å². The molecule has 0 aliphatic rings. The third-order valence-electron chi connectivity index (χ3n) is 4.92. The topological polar surface area (TPSA) is 0 Å². The van der Waals surface area contributed by atoms with Gasteiger partial charge in [0.1, 0.15) is 0 Å². The summed E-state index contributed by atoms with van der Waals surface area (Å²) in [4.78, 5) is 0. The highest BCUT2D eigenvalue weighted by molar-refractivity contribution is 4.94. The molecule has 0 bridgehead atoms. The minimum atomic E-state index is 0.867. The van der Waals surface area contributed by atoms with E-state index in [-0.39, 0.29) is 0 Å². The Balaban J connectivity index is 3.54. The highest BCUT2D eigenvalue weighted by Crippen LogP contribution is 2.25. The fraction of sp³-hybridized carbons (Fsp3) is 0.909. The lowest BCUT2D eigenvalue weighted by Gasteiger charge is -2.20. The predicted octanol–water partition coefficient (Wildman–Crippen LogP) is 7.76. The first kappa shape index (κ1) is 21.6. The van der Waals surface area contributed by atoms with Crippen molar-refractivity contribution in [1.82, 2.24) is 0 Å². The van der Waals surface area contributed by atoms with Crippen LogP contribution in [-0.2, 0) is 0 Å². The molecule has 0 aliphatic carbocycles. The highest BCUT2D eigenvalue weighted by atomic mass is 14.2. The van der Waals surface area contributed by atoms with Crippen molar-refractivity contribution in [2.75, 3.05) is 0 Å². The van der Waals surface area contributed by atoms with E-state index in [1.807, 2.05) is 6.92 Å². The third kappa shape index (κ3) is 14.5. The predicted molar refractivity (Wildman–Crippen MR) is 102 cm³/mol. The van der Waals surface area contributed by atoms with Gasteiger partial charge >= 0.3 is 0 Å². The zero-order valence-corrected chi connectivity index (χ0v) is 16.1. The summed E-state index contributed by atoms with van der Waals surface area (Å²) in [5, 5.41) is 0. The average Bonchev–Trinajstić information content (AvgIpc) is 2.50. The van der Waals surface area contributed by atoms with Gasteiger partial charge in [-0.2, -0.15) is 0 Å². The molecule has 1 unspecified atom stereocenters. The Kier molecular flexibility index (Phi) is 16.6. The monoisotopic (exact) mass is 306 g/mol. The molecule has 0 heteroatoms. The van der Waals surface area contributed by atoms with Crippen molar-refractivity contribution in [3.8, 4) is 11.8 Å². The van der Waals surface area contributed by atoms with Gasteiger partial charge in [-0.05, 0) is 25.2 Å². The van der Waals surface area contributed by atoms with Gasteiger partial charge in [0.2, 0.25) is 0 Å². The summed E-state index contributed by atoms with van der Waals surface area (Å²) in [6, 6.07) is 0. The van der Waals surface area contributed by atoms with Gasteiger partial charge in [-0.25, -0.2) is 0 Å². The van der Waals surface area contributed by atoms with E-state index < -0.39 is 0 Å². The summed E-state index contributed by atoms with van der Waals surface area (Å²) in [5.41, 5.74) is 0. The van der Waals surface area contributed by atoms with E-state index in [1.165, 1.54) is 83.5 Å². The number of rotatable bonds is 15. The lowest BCUT2D eigenvalue weighted by atomic mass is 9.85. The molecule has 0 spiro atoms. The molecule has 0 heterocycles. The second-order valence-corrected chi connectivity index (χ2v) is 7.29. The van der Waals surface area contributed by atoms with Gasteiger partial charge in [0, 0.05) is 6.42 Å². The summed E-state index contributed by atoms with van der Waals surface area (Å²) >= 11 is 0. The molecule has 130 valence electrons. The first-order valence-corrected chi connectivity index (χ1v) is 10.1. The molecule has 22 heavy (non-hydrogen) atoms. The summed E-state index contributed by atoms with van der Waals surface area (Å²) in [7, 11) is 0. The Morgan fingerprint density at radius 2 is 1.18 bits per heavy atom. The molecule has 0 saturated carbocycles. The molecular formula is C22H42. The second-order valence-electron chi connectivity index (χ2n) is 7.29. The van der Waals surface area contributed by atoms with Crippen molar-refractivity contribution >= 4 is 0 Å². The quantitative estimate of drug-likeness (QED) is 0.214. The fourth-order valence-corrected chi connectivity index (χ4v) is 3.27. The Bertz CT molecular complexity index is 265. The van der Waals surface area contributed by atoms with Crippen molar-refractivity contribution in [2.24, 2.45) is 11.8 Å². The minimum absolute atomic E-state index is 0.867. The zero-order valence-electron chi connectivity index (χ0n) is 16.1. The van der Waals surface area contributed by atoms with Crippen LogP contribution in [0, 0.1) is 23.7 Å². The van der Waals surface area contributed by atoms with Crippen LogP contribution in [0.5, 0.6) is 0 Å². The third-order valence-corrected chi connectivity index (χ3v) is 4.92. The normalized spacial score (nSPS) is 12.2. The fourth-order valence-electron chi connectivity index (χ4n) is 3.27. The van der Waals surface area contributed by atoms with E-state index in [2.05, 4.69) is 32.6 Å². The smallest absolute Gasteiger partial charge is 0.00885 e. The first-order valence-electron chi connectivity index (χ1n) is 10.1. The molecular weight excluding hydrogens is 264 g/mol. The van der Waals surface area contributed by atoms with Crippen LogP contribution in [0.2, 0.25) is 0 Å². The minimum Gasteiger partial charge on any atom is -0.107 e. The van der Waals surface area contributed by atoms with Crippen LogP contribution >= 0.6 is 0 Å². The summed E-state index contributed by atoms with van der Waals surface area (Å²) < 4.78 is 0. The number of unbranched alkanes of at least 4 members (excludes halogenated alkanes) is 10. The van der Waals surface area contributed by atoms with E-state index in [0.717, 1.165) is 18.3 Å². The largest absolute Gasteiger partial charge is 0.107 e. The molecule has 1 atom stereocenters. The number of hydrogen-bond donors (Lipinski definition) is 0. The first-order chi connectivity index (χ1) is 10.7. The van der Waals surface area contributed by atoms with Gasteiger partial charge in [-0.15, -0.1) is 11.8 Å². The Morgan fingerprint density at radius 1 is 0.682 bits per heavy atom. The van der Waals surface area contributed by atoms with Gasteiger partial charge < -0.3 is 0 Å². The van der Waals surface area contributed by atoms with Gasteiger partial charge in [-0.1, -0.05) is 97.8 Å². The molecule has 0 N–H and O–H groups in total. The maximum absolute atomic E-state index is 3.17. The van der Waals surface area contributed by atoms with E-state index >= 15 is 0 Å². The zero-order chi connectivity index (χ0) is 16.5. The Morgan fingerprint density at radius 3 is 1.68 bits per heavy atom. The summed E-state index contributed by atoms with van der Waals surface area (Å²) in [6.45, 7) is 9.08. The van der Waals surface area contributed by atoms with E-state index in [4.69, 9.17) is 0 Å². The van der Waals surface area contributed by atoms with Crippen LogP contribution in [0.25, 0.3) is 0 Å². The maximum Gasteiger partial charge on any atom is 0.00885 e. The highest BCUT2D eigenvalue weighted by Gasteiger charge is 2.12. The van der Waals surface area contributed by atoms with Gasteiger partial charge in [-0.3, -0.25) is 0 Å². The van der Waals surface area contributed by atoms with Gasteiger partial charge in [0.15, 0.2) is 0 Å². The Hall–Kier alpha value is -0.440.